The number of benzene rings is 2. The van der Waals surface area contributed by atoms with Gasteiger partial charge in [-0.25, -0.2) is 4.79 Å². The van der Waals surface area contributed by atoms with Crippen molar-refractivity contribution in [2.75, 3.05) is 6.61 Å². The molecule has 0 radical (unpaired) electrons. The van der Waals surface area contributed by atoms with Gasteiger partial charge in [0, 0.05) is 4.47 Å². The molecule has 2 aromatic carbocycles. The van der Waals surface area contributed by atoms with E-state index in [2.05, 4.69) is 15.9 Å². The van der Waals surface area contributed by atoms with E-state index in [0.717, 1.165) is 5.56 Å². The van der Waals surface area contributed by atoms with Crippen molar-refractivity contribution >= 4 is 28.0 Å². The molecule has 4 heteroatoms. The molecule has 102 valence electrons. The number of carboxylic acid groups (broad SMARTS) is 1. The minimum absolute atomic E-state index is 0.139. The Labute approximate surface area is 125 Å². The standard InChI is InChI=1S/C16H13BrO3/c17-13-9-4-10-14(15(13)16(18)19)20-11-5-8-12-6-2-1-3-7-12/h1-10H,11H2,(H,18,19)/b8-5+. The molecular weight excluding hydrogens is 320 g/mol. The first-order chi connectivity index (χ1) is 9.68. The van der Waals surface area contributed by atoms with Crippen molar-refractivity contribution < 1.29 is 14.6 Å². The molecule has 20 heavy (non-hydrogen) atoms. The molecule has 0 aliphatic carbocycles. The summed E-state index contributed by atoms with van der Waals surface area (Å²) in [7, 11) is 0. The highest BCUT2D eigenvalue weighted by Crippen LogP contribution is 2.26. The minimum Gasteiger partial charge on any atom is -0.489 e. The van der Waals surface area contributed by atoms with Crippen molar-refractivity contribution in [3.8, 4) is 5.75 Å². The Kier molecular flexibility index (Phi) is 4.96. The van der Waals surface area contributed by atoms with E-state index in [-0.39, 0.29) is 5.56 Å². The Morgan fingerprint density at radius 2 is 1.90 bits per heavy atom. The number of carboxylic acids is 1. The van der Waals surface area contributed by atoms with Gasteiger partial charge in [-0.3, -0.25) is 0 Å². The van der Waals surface area contributed by atoms with Gasteiger partial charge in [0.15, 0.2) is 0 Å². The zero-order valence-electron chi connectivity index (χ0n) is 10.6. The fraction of sp³-hybridized carbons (Fsp3) is 0.0625. The van der Waals surface area contributed by atoms with E-state index in [4.69, 9.17) is 9.84 Å². The lowest BCUT2D eigenvalue weighted by Crippen LogP contribution is -2.04. The van der Waals surface area contributed by atoms with Crippen molar-refractivity contribution in [1.29, 1.82) is 0 Å². The van der Waals surface area contributed by atoms with Crippen LogP contribution in [-0.2, 0) is 0 Å². The van der Waals surface area contributed by atoms with Crippen LogP contribution in [0.25, 0.3) is 6.08 Å². The summed E-state index contributed by atoms with van der Waals surface area (Å²) in [5, 5.41) is 9.15. The average molecular weight is 333 g/mol. The summed E-state index contributed by atoms with van der Waals surface area (Å²) in [5.41, 5.74) is 1.21. The van der Waals surface area contributed by atoms with Crippen LogP contribution < -0.4 is 4.74 Å². The van der Waals surface area contributed by atoms with Crippen LogP contribution >= 0.6 is 15.9 Å². The minimum atomic E-state index is -1.01. The van der Waals surface area contributed by atoms with E-state index in [9.17, 15) is 4.79 Å². The van der Waals surface area contributed by atoms with Gasteiger partial charge in [-0.15, -0.1) is 0 Å². The molecule has 0 bridgehead atoms. The van der Waals surface area contributed by atoms with Gasteiger partial charge in [-0.1, -0.05) is 42.5 Å². The predicted molar refractivity (Wildman–Crippen MR) is 82.1 cm³/mol. The van der Waals surface area contributed by atoms with Crippen molar-refractivity contribution in [3.05, 3.63) is 70.2 Å². The van der Waals surface area contributed by atoms with Gasteiger partial charge in [-0.2, -0.15) is 0 Å². The molecule has 0 aromatic heterocycles. The summed E-state index contributed by atoms with van der Waals surface area (Å²) in [6.45, 7) is 0.311. The molecule has 0 saturated carbocycles. The first-order valence-electron chi connectivity index (χ1n) is 6.04. The average Bonchev–Trinajstić information content (AvgIpc) is 2.44. The van der Waals surface area contributed by atoms with E-state index >= 15 is 0 Å². The van der Waals surface area contributed by atoms with Crippen LogP contribution in [0.1, 0.15) is 15.9 Å². The lowest BCUT2D eigenvalue weighted by atomic mass is 10.2. The third-order valence-electron chi connectivity index (χ3n) is 2.63. The molecular formula is C16H13BrO3. The van der Waals surface area contributed by atoms with Crippen LogP contribution in [0.2, 0.25) is 0 Å². The van der Waals surface area contributed by atoms with Crippen LogP contribution in [0, 0.1) is 0 Å². The lowest BCUT2D eigenvalue weighted by Gasteiger charge is -2.08. The molecule has 0 spiro atoms. The highest BCUT2D eigenvalue weighted by molar-refractivity contribution is 9.10. The molecule has 0 aliphatic rings. The molecule has 0 fully saturated rings. The SMILES string of the molecule is O=C(O)c1c(Br)cccc1OC/C=C/c1ccccc1. The van der Waals surface area contributed by atoms with E-state index < -0.39 is 5.97 Å². The van der Waals surface area contributed by atoms with Gasteiger partial charge in [0.2, 0.25) is 0 Å². The normalized spacial score (nSPS) is 10.7. The highest BCUT2D eigenvalue weighted by Gasteiger charge is 2.14. The van der Waals surface area contributed by atoms with Gasteiger partial charge in [-0.05, 0) is 39.7 Å². The molecule has 2 rings (SSSR count). The smallest absolute Gasteiger partial charge is 0.340 e. The van der Waals surface area contributed by atoms with Crippen LogP contribution in [-0.4, -0.2) is 17.7 Å². The zero-order valence-corrected chi connectivity index (χ0v) is 12.2. The summed E-state index contributed by atoms with van der Waals surface area (Å²) in [6, 6.07) is 14.9. The second-order valence-corrected chi connectivity index (χ2v) is 4.90. The number of ether oxygens (including phenoxy) is 1. The molecule has 0 saturated heterocycles. The van der Waals surface area contributed by atoms with E-state index in [1.807, 2.05) is 42.5 Å². The van der Waals surface area contributed by atoms with Crippen LogP contribution in [0.3, 0.4) is 0 Å². The summed E-state index contributed by atoms with van der Waals surface area (Å²) in [6.07, 6.45) is 3.78. The lowest BCUT2D eigenvalue weighted by molar-refractivity contribution is 0.0691. The van der Waals surface area contributed by atoms with Crippen molar-refractivity contribution in [1.82, 2.24) is 0 Å². The zero-order chi connectivity index (χ0) is 14.4. The number of carbonyl (C=O) groups is 1. The maximum Gasteiger partial charge on any atom is 0.340 e. The Bertz CT molecular complexity index is 621. The Morgan fingerprint density at radius 1 is 1.15 bits per heavy atom. The molecule has 0 unspecified atom stereocenters. The van der Waals surface area contributed by atoms with Crippen LogP contribution in [0.5, 0.6) is 5.75 Å². The predicted octanol–water partition coefficient (Wildman–Crippen LogP) is 4.24. The topological polar surface area (TPSA) is 46.5 Å². The summed E-state index contributed by atoms with van der Waals surface area (Å²) in [4.78, 5) is 11.2. The highest BCUT2D eigenvalue weighted by atomic mass is 79.9. The first-order valence-corrected chi connectivity index (χ1v) is 6.84. The number of hydrogen-bond acceptors (Lipinski definition) is 2. The Balaban J connectivity index is 2.03. The van der Waals surface area contributed by atoms with Gasteiger partial charge in [0.05, 0.1) is 0 Å². The molecule has 0 heterocycles. The second kappa shape index (κ2) is 6.91. The fourth-order valence-electron chi connectivity index (χ4n) is 1.72. The molecule has 3 nitrogen and oxygen atoms in total. The molecule has 1 N–H and O–H groups in total. The van der Waals surface area contributed by atoms with E-state index in [1.165, 1.54) is 0 Å². The van der Waals surface area contributed by atoms with Crippen molar-refractivity contribution in [3.63, 3.8) is 0 Å². The molecule has 0 atom stereocenters. The van der Waals surface area contributed by atoms with Crippen LogP contribution in [0.4, 0.5) is 0 Å². The summed E-state index contributed by atoms with van der Waals surface area (Å²) >= 11 is 3.21. The quantitative estimate of drug-likeness (QED) is 0.890. The van der Waals surface area contributed by atoms with Gasteiger partial charge < -0.3 is 9.84 Å². The number of aromatic carboxylic acids is 1. The van der Waals surface area contributed by atoms with Crippen LogP contribution in [0.15, 0.2) is 59.1 Å². The fourth-order valence-corrected chi connectivity index (χ4v) is 2.24. The maximum absolute atomic E-state index is 11.2. The molecule has 0 aliphatic heterocycles. The van der Waals surface area contributed by atoms with E-state index in [1.54, 1.807) is 18.2 Å². The second-order valence-electron chi connectivity index (χ2n) is 4.04. The van der Waals surface area contributed by atoms with Crippen molar-refractivity contribution in [2.45, 2.75) is 0 Å². The number of halogens is 1. The van der Waals surface area contributed by atoms with Crippen molar-refractivity contribution in [2.24, 2.45) is 0 Å². The van der Waals surface area contributed by atoms with E-state index in [0.29, 0.717) is 16.8 Å². The Morgan fingerprint density at radius 3 is 2.60 bits per heavy atom. The number of hydrogen-bond donors (Lipinski definition) is 1. The molecule has 0 amide bonds. The monoisotopic (exact) mass is 332 g/mol. The largest absolute Gasteiger partial charge is 0.489 e. The maximum atomic E-state index is 11.2. The summed E-state index contributed by atoms with van der Waals surface area (Å²) < 4.78 is 6.01. The molecule has 2 aromatic rings. The van der Waals surface area contributed by atoms with Gasteiger partial charge >= 0.3 is 5.97 Å². The third-order valence-corrected chi connectivity index (χ3v) is 3.30. The Hall–Kier alpha value is -2.07. The summed E-state index contributed by atoms with van der Waals surface area (Å²) in [5.74, 6) is -0.663. The number of rotatable bonds is 5. The third kappa shape index (κ3) is 3.71. The first kappa shape index (κ1) is 14.3. The van der Waals surface area contributed by atoms with Gasteiger partial charge in [0.1, 0.15) is 17.9 Å². The van der Waals surface area contributed by atoms with Gasteiger partial charge in [0.25, 0.3) is 0 Å².